The van der Waals surface area contributed by atoms with Gasteiger partial charge >= 0.3 is 0 Å². The number of aryl methyl sites for hydroxylation is 1. The highest BCUT2D eigenvalue weighted by Crippen LogP contribution is 2.24. The van der Waals surface area contributed by atoms with Crippen LogP contribution in [0.15, 0.2) is 24.3 Å². The number of nitrogens with two attached hydrogens (primary N) is 1. The lowest BCUT2D eigenvalue weighted by Crippen LogP contribution is -2.46. The second kappa shape index (κ2) is 5.29. The van der Waals surface area contributed by atoms with Gasteiger partial charge in [-0.15, -0.1) is 0 Å². The van der Waals surface area contributed by atoms with Crippen molar-refractivity contribution < 1.29 is 9.53 Å². The summed E-state index contributed by atoms with van der Waals surface area (Å²) in [6.45, 7) is 3.83. The molecule has 1 fully saturated rings. The van der Waals surface area contributed by atoms with Crippen LogP contribution < -0.4 is 5.73 Å². The molecule has 0 radical (unpaired) electrons. The molecule has 0 aliphatic carbocycles. The van der Waals surface area contributed by atoms with Crippen molar-refractivity contribution >= 4 is 5.91 Å². The van der Waals surface area contributed by atoms with Gasteiger partial charge in [-0.05, 0) is 12.5 Å². The number of morpholine rings is 1. The highest BCUT2D eigenvalue weighted by molar-refractivity contribution is 5.78. The minimum Gasteiger partial charge on any atom is -0.369 e. The van der Waals surface area contributed by atoms with Crippen molar-refractivity contribution in [3.05, 3.63) is 35.4 Å². The van der Waals surface area contributed by atoms with Gasteiger partial charge in [0.2, 0.25) is 5.91 Å². The molecule has 0 saturated carbocycles. The van der Waals surface area contributed by atoms with E-state index in [0.29, 0.717) is 19.7 Å². The maximum atomic E-state index is 11.8. The number of hydrogen-bond donors (Lipinski definition) is 1. The molecular formula is C13H18N2O2. The van der Waals surface area contributed by atoms with Crippen molar-refractivity contribution in [2.45, 2.75) is 13.0 Å². The van der Waals surface area contributed by atoms with Crippen LogP contribution in [-0.2, 0) is 9.53 Å². The minimum absolute atomic E-state index is 0.000278. The first-order valence-electron chi connectivity index (χ1n) is 5.86. The molecule has 1 aromatic rings. The quantitative estimate of drug-likeness (QED) is 0.843. The summed E-state index contributed by atoms with van der Waals surface area (Å²) < 4.78 is 5.33. The Labute approximate surface area is 101 Å². The third-order valence-corrected chi connectivity index (χ3v) is 2.99. The van der Waals surface area contributed by atoms with Crippen molar-refractivity contribution in [2.75, 3.05) is 26.3 Å². The highest BCUT2D eigenvalue weighted by Gasteiger charge is 2.29. The van der Waals surface area contributed by atoms with Crippen molar-refractivity contribution in [2.24, 2.45) is 5.73 Å². The third kappa shape index (κ3) is 2.65. The monoisotopic (exact) mass is 234 g/mol. The molecule has 2 N–H and O–H groups in total. The third-order valence-electron chi connectivity index (χ3n) is 2.99. The molecule has 92 valence electrons. The van der Waals surface area contributed by atoms with Crippen molar-refractivity contribution in [3.8, 4) is 0 Å². The van der Waals surface area contributed by atoms with E-state index in [0.717, 1.165) is 5.56 Å². The fraction of sp³-hybridized carbons (Fsp3) is 0.462. The van der Waals surface area contributed by atoms with Crippen LogP contribution in [0.25, 0.3) is 0 Å². The Morgan fingerprint density at radius 2 is 2.35 bits per heavy atom. The number of amides is 1. The maximum Gasteiger partial charge on any atom is 0.249 e. The van der Waals surface area contributed by atoms with Crippen molar-refractivity contribution in [3.63, 3.8) is 0 Å². The summed E-state index contributed by atoms with van der Waals surface area (Å²) in [6.07, 6.45) is 0. The standard InChI is InChI=1S/C13H18N2O2/c1-10-3-2-4-11(7-10)12-8-17-9-13(16)15(12)6-5-14/h2-4,7,12H,5-6,8-9,14H2,1H3. The maximum absolute atomic E-state index is 11.8. The summed E-state index contributed by atoms with van der Waals surface area (Å²) in [6, 6.07) is 8.17. The highest BCUT2D eigenvalue weighted by atomic mass is 16.5. The number of nitrogens with zero attached hydrogens (tertiary/aromatic N) is 1. The molecule has 1 amide bonds. The van der Waals surface area contributed by atoms with Gasteiger partial charge in [0.25, 0.3) is 0 Å². The molecular weight excluding hydrogens is 216 g/mol. The molecule has 1 heterocycles. The summed E-state index contributed by atoms with van der Waals surface area (Å²) in [5.74, 6) is 0.0215. The predicted octanol–water partition coefficient (Wildman–Crippen LogP) is 0.854. The molecule has 17 heavy (non-hydrogen) atoms. The average Bonchev–Trinajstić information content (AvgIpc) is 2.32. The van der Waals surface area contributed by atoms with Crippen LogP contribution in [0.3, 0.4) is 0 Å². The SMILES string of the molecule is Cc1cccc(C2COCC(=O)N2CCN)c1. The van der Waals surface area contributed by atoms with Crippen LogP contribution >= 0.6 is 0 Å². The average molecular weight is 234 g/mol. The first-order chi connectivity index (χ1) is 8.22. The van der Waals surface area contributed by atoms with E-state index in [4.69, 9.17) is 10.5 Å². The second-order valence-corrected chi connectivity index (χ2v) is 4.32. The summed E-state index contributed by atoms with van der Waals surface area (Å²) >= 11 is 0. The number of rotatable bonds is 3. The zero-order valence-corrected chi connectivity index (χ0v) is 10.1. The van der Waals surface area contributed by atoms with Crippen LogP contribution in [0.2, 0.25) is 0 Å². The molecule has 1 saturated heterocycles. The van der Waals surface area contributed by atoms with Crippen LogP contribution in [0.4, 0.5) is 0 Å². The van der Waals surface area contributed by atoms with E-state index in [1.807, 2.05) is 30.0 Å². The second-order valence-electron chi connectivity index (χ2n) is 4.32. The zero-order chi connectivity index (χ0) is 12.3. The van der Waals surface area contributed by atoms with E-state index in [1.165, 1.54) is 5.56 Å². The summed E-state index contributed by atoms with van der Waals surface area (Å²) in [5.41, 5.74) is 7.86. The van der Waals surface area contributed by atoms with E-state index < -0.39 is 0 Å². The Morgan fingerprint density at radius 3 is 3.06 bits per heavy atom. The molecule has 0 aromatic heterocycles. The van der Waals surface area contributed by atoms with Gasteiger partial charge in [0, 0.05) is 13.1 Å². The largest absolute Gasteiger partial charge is 0.369 e. The van der Waals surface area contributed by atoms with Gasteiger partial charge in [-0.2, -0.15) is 0 Å². The van der Waals surface area contributed by atoms with Crippen LogP contribution in [0.1, 0.15) is 17.2 Å². The fourth-order valence-electron chi connectivity index (χ4n) is 2.18. The molecule has 1 unspecified atom stereocenters. The molecule has 0 bridgehead atoms. The molecule has 4 nitrogen and oxygen atoms in total. The molecule has 4 heteroatoms. The zero-order valence-electron chi connectivity index (χ0n) is 10.1. The van der Waals surface area contributed by atoms with Gasteiger partial charge in [0.1, 0.15) is 6.61 Å². The Bertz CT molecular complexity index is 406. The number of hydrogen-bond acceptors (Lipinski definition) is 3. The summed E-state index contributed by atoms with van der Waals surface area (Å²) in [7, 11) is 0. The lowest BCUT2D eigenvalue weighted by molar-refractivity contribution is -0.148. The van der Waals surface area contributed by atoms with E-state index >= 15 is 0 Å². The van der Waals surface area contributed by atoms with E-state index in [1.54, 1.807) is 0 Å². The minimum atomic E-state index is -0.000278. The van der Waals surface area contributed by atoms with Gasteiger partial charge in [-0.1, -0.05) is 29.8 Å². The van der Waals surface area contributed by atoms with Crippen LogP contribution in [0.5, 0.6) is 0 Å². The fourth-order valence-corrected chi connectivity index (χ4v) is 2.18. The van der Waals surface area contributed by atoms with Crippen molar-refractivity contribution in [1.82, 2.24) is 4.90 Å². The lowest BCUT2D eigenvalue weighted by atomic mass is 10.0. The molecule has 1 aliphatic rings. The van der Waals surface area contributed by atoms with Crippen LogP contribution in [-0.4, -0.2) is 37.1 Å². The van der Waals surface area contributed by atoms with Gasteiger partial charge in [0.15, 0.2) is 0 Å². The summed E-state index contributed by atoms with van der Waals surface area (Å²) in [5, 5.41) is 0. The first-order valence-corrected chi connectivity index (χ1v) is 5.86. The molecule has 1 atom stereocenters. The number of carbonyl (C=O) groups is 1. The molecule has 0 spiro atoms. The smallest absolute Gasteiger partial charge is 0.249 e. The van der Waals surface area contributed by atoms with Crippen LogP contribution in [0, 0.1) is 6.92 Å². The van der Waals surface area contributed by atoms with E-state index in [-0.39, 0.29) is 18.6 Å². The van der Waals surface area contributed by atoms with Gasteiger partial charge in [-0.3, -0.25) is 4.79 Å². The molecule has 1 aromatic carbocycles. The Kier molecular flexibility index (Phi) is 3.76. The first kappa shape index (κ1) is 12.1. The number of carbonyl (C=O) groups excluding carboxylic acids is 1. The Balaban J connectivity index is 2.24. The molecule has 2 rings (SSSR count). The van der Waals surface area contributed by atoms with E-state index in [9.17, 15) is 4.79 Å². The summed E-state index contributed by atoms with van der Waals surface area (Å²) in [4.78, 5) is 13.6. The molecule has 1 aliphatic heterocycles. The Morgan fingerprint density at radius 1 is 1.53 bits per heavy atom. The Hall–Kier alpha value is -1.39. The number of benzene rings is 1. The van der Waals surface area contributed by atoms with Gasteiger partial charge in [0.05, 0.1) is 12.6 Å². The normalized spacial score (nSPS) is 20.7. The van der Waals surface area contributed by atoms with Gasteiger partial charge in [-0.25, -0.2) is 0 Å². The lowest BCUT2D eigenvalue weighted by Gasteiger charge is -2.35. The predicted molar refractivity (Wildman–Crippen MR) is 65.5 cm³/mol. The number of ether oxygens (including phenoxy) is 1. The van der Waals surface area contributed by atoms with E-state index in [2.05, 4.69) is 6.07 Å². The van der Waals surface area contributed by atoms with Gasteiger partial charge < -0.3 is 15.4 Å². The van der Waals surface area contributed by atoms with Crippen molar-refractivity contribution in [1.29, 1.82) is 0 Å². The topological polar surface area (TPSA) is 55.6 Å².